The van der Waals surface area contributed by atoms with Crippen molar-refractivity contribution < 1.29 is 32.8 Å². The molecule has 0 aliphatic rings. The van der Waals surface area contributed by atoms with Crippen molar-refractivity contribution in [2.75, 3.05) is 26.4 Å². The highest BCUT2D eigenvalue weighted by Crippen LogP contribution is 2.43. The molecule has 0 bridgehead atoms. The minimum Gasteiger partial charge on any atom is -0.498 e. The lowest BCUT2D eigenvalue weighted by molar-refractivity contribution is -0.153. The van der Waals surface area contributed by atoms with Gasteiger partial charge < -0.3 is 20.1 Å². The number of hydrogen-bond acceptors (Lipinski definition) is 7. The molecule has 0 aromatic heterocycles. The van der Waals surface area contributed by atoms with E-state index in [0.29, 0.717) is 6.42 Å². The SMILES string of the molecule is CC/C=C\C/C=C\C/C=C\C/C=C\C/C=C\CCCC(=O)O[C@H](CO/C=C\CCCCCCCCCCCCCCCC)COP(=O)(O)OCCN. The Morgan fingerprint density at radius 2 is 1.10 bits per heavy atom. The summed E-state index contributed by atoms with van der Waals surface area (Å²) in [5.74, 6) is -0.411. The first-order valence-corrected chi connectivity index (χ1v) is 22.0. The molecule has 0 saturated heterocycles. The predicted octanol–water partition coefficient (Wildman–Crippen LogP) is 12.3. The van der Waals surface area contributed by atoms with Gasteiger partial charge in [-0.1, -0.05) is 158 Å². The highest BCUT2D eigenvalue weighted by atomic mass is 31.2. The van der Waals surface area contributed by atoms with Crippen LogP contribution in [0.25, 0.3) is 0 Å². The molecule has 0 heterocycles. The molecule has 0 aliphatic carbocycles. The van der Waals surface area contributed by atoms with Crippen LogP contribution in [0.3, 0.4) is 0 Å². The van der Waals surface area contributed by atoms with Gasteiger partial charge in [-0.05, 0) is 63.9 Å². The van der Waals surface area contributed by atoms with Crippen molar-refractivity contribution in [3.05, 3.63) is 73.1 Å². The number of ether oxygens (including phenoxy) is 2. The lowest BCUT2D eigenvalue weighted by Gasteiger charge is -2.19. The Balaban J connectivity index is 4.23. The molecule has 0 aromatic carbocycles. The number of rotatable bonds is 38. The van der Waals surface area contributed by atoms with Gasteiger partial charge in [-0.15, -0.1) is 0 Å². The van der Waals surface area contributed by atoms with E-state index in [-0.39, 0.29) is 32.8 Å². The molecular formula is C43H76NO7P. The second kappa shape index (κ2) is 40.0. The van der Waals surface area contributed by atoms with E-state index in [1.807, 2.05) is 6.08 Å². The summed E-state index contributed by atoms with van der Waals surface area (Å²) in [5, 5.41) is 0. The van der Waals surface area contributed by atoms with E-state index in [4.69, 9.17) is 24.3 Å². The van der Waals surface area contributed by atoms with Crippen LogP contribution < -0.4 is 5.73 Å². The summed E-state index contributed by atoms with van der Waals surface area (Å²) in [7, 11) is -4.31. The number of carbonyl (C=O) groups is 1. The Morgan fingerprint density at radius 3 is 1.62 bits per heavy atom. The van der Waals surface area contributed by atoms with Gasteiger partial charge >= 0.3 is 13.8 Å². The zero-order valence-electron chi connectivity index (χ0n) is 33.0. The van der Waals surface area contributed by atoms with Gasteiger partial charge in [0.15, 0.2) is 6.10 Å². The second-order valence-electron chi connectivity index (χ2n) is 13.2. The normalized spacial score (nSPS) is 14.2. The molecule has 0 saturated carbocycles. The number of hydrogen-bond donors (Lipinski definition) is 2. The standard InChI is InChI=1S/C43H76NO7P/c1-3-5-7-9-11-13-15-17-19-21-22-24-26-28-30-32-34-36-43(45)51-42(41-50-52(46,47)49-39-37-44)40-48-38-35-33-31-29-27-25-23-20-18-16-14-12-10-8-6-4-2/h5,7,11,13,17,19,22,24,28,30,35,38,42H,3-4,6,8-10,12,14-16,18,20-21,23,25-27,29,31-34,36-37,39-41,44H2,1-2H3,(H,46,47)/b7-5-,13-11-,19-17-,24-22-,30-28-,38-35-/t42-/m1/s1. The highest BCUT2D eigenvalue weighted by Gasteiger charge is 2.25. The first-order chi connectivity index (χ1) is 25.4. The number of unbranched alkanes of at least 4 members (excludes halogenated alkanes) is 15. The summed E-state index contributed by atoms with van der Waals surface area (Å²) in [6, 6.07) is 0. The molecule has 8 nitrogen and oxygen atoms in total. The van der Waals surface area contributed by atoms with Gasteiger partial charge in [0.05, 0.1) is 19.5 Å². The molecule has 300 valence electrons. The van der Waals surface area contributed by atoms with Gasteiger partial charge in [0.1, 0.15) is 6.61 Å². The molecular weight excluding hydrogens is 673 g/mol. The molecule has 9 heteroatoms. The van der Waals surface area contributed by atoms with Crippen LogP contribution in [0.1, 0.15) is 162 Å². The maximum atomic E-state index is 12.5. The Kier molecular flexibility index (Phi) is 38.3. The first-order valence-electron chi connectivity index (χ1n) is 20.5. The fourth-order valence-electron chi connectivity index (χ4n) is 5.23. The quantitative estimate of drug-likeness (QED) is 0.0211. The molecule has 0 aliphatic heterocycles. The minimum atomic E-state index is -4.31. The lowest BCUT2D eigenvalue weighted by atomic mass is 10.0. The third-order valence-electron chi connectivity index (χ3n) is 8.20. The number of phosphoric acid groups is 1. The largest absolute Gasteiger partial charge is 0.498 e. The molecule has 0 rings (SSSR count). The molecule has 0 aromatic rings. The molecule has 0 radical (unpaired) electrons. The van der Waals surface area contributed by atoms with Crippen LogP contribution in [0.2, 0.25) is 0 Å². The van der Waals surface area contributed by atoms with E-state index >= 15 is 0 Å². The van der Waals surface area contributed by atoms with Gasteiger partial charge in [0.25, 0.3) is 0 Å². The number of carbonyl (C=O) groups excluding carboxylic acids is 1. The van der Waals surface area contributed by atoms with E-state index in [1.54, 1.807) is 6.26 Å². The van der Waals surface area contributed by atoms with E-state index in [1.165, 1.54) is 83.5 Å². The fraction of sp³-hybridized carbons (Fsp3) is 0.698. The van der Waals surface area contributed by atoms with Gasteiger partial charge in [0, 0.05) is 13.0 Å². The van der Waals surface area contributed by atoms with Gasteiger partial charge in [-0.2, -0.15) is 0 Å². The maximum Gasteiger partial charge on any atom is 0.472 e. The fourth-order valence-corrected chi connectivity index (χ4v) is 6.00. The monoisotopic (exact) mass is 750 g/mol. The summed E-state index contributed by atoms with van der Waals surface area (Å²) in [6.45, 7) is 4.05. The summed E-state index contributed by atoms with van der Waals surface area (Å²) in [5.41, 5.74) is 5.35. The number of nitrogens with two attached hydrogens (primary N) is 1. The molecule has 1 unspecified atom stereocenters. The number of phosphoric ester groups is 1. The van der Waals surface area contributed by atoms with Crippen molar-refractivity contribution >= 4 is 13.8 Å². The van der Waals surface area contributed by atoms with Crippen LogP contribution in [0, 0.1) is 0 Å². The summed E-state index contributed by atoms with van der Waals surface area (Å²) in [6.07, 6.45) is 50.2. The molecule has 2 atom stereocenters. The molecule has 0 fully saturated rings. The summed E-state index contributed by atoms with van der Waals surface area (Å²) >= 11 is 0. The summed E-state index contributed by atoms with van der Waals surface area (Å²) in [4.78, 5) is 22.4. The highest BCUT2D eigenvalue weighted by molar-refractivity contribution is 7.47. The van der Waals surface area contributed by atoms with Crippen molar-refractivity contribution in [1.29, 1.82) is 0 Å². The predicted molar refractivity (Wildman–Crippen MR) is 219 cm³/mol. The molecule has 52 heavy (non-hydrogen) atoms. The van der Waals surface area contributed by atoms with E-state index in [0.717, 1.165) is 51.4 Å². The average Bonchev–Trinajstić information content (AvgIpc) is 3.13. The lowest BCUT2D eigenvalue weighted by Crippen LogP contribution is -2.27. The van der Waals surface area contributed by atoms with Crippen molar-refractivity contribution in [1.82, 2.24) is 0 Å². The summed E-state index contributed by atoms with van der Waals surface area (Å²) < 4.78 is 33.1. The Morgan fingerprint density at radius 1 is 0.615 bits per heavy atom. The first kappa shape index (κ1) is 49.8. The topological polar surface area (TPSA) is 117 Å². The van der Waals surface area contributed by atoms with Crippen LogP contribution >= 0.6 is 7.82 Å². The third kappa shape index (κ3) is 39.0. The van der Waals surface area contributed by atoms with Crippen LogP contribution in [0.4, 0.5) is 0 Å². The van der Waals surface area contributed by atoms with Crippen molar-refractivity contribution in [3.8, 4) is 0 Å². The van der Waals surface area contributed by atoms with Gasteiger partial charge in [0.2, 0.25) is 0 Å². The van der Waals surface area contributed by atoms with Crippen LogP contribution in [-0.2, 0) is 27.9 Å². The Labute approximate surface area is 318 Å². The van der Waals surface area contributed by atoms with Crippen LogP contribution in [0.5, 0.6) is 0 Å². The number of esters is 1. The van der Waals surface area contributed by atoms with Crippen LogP contribution in [-0.4, -0.2) is 43.3 Å². The average molecular weight is 750 g/mol. The third-order valence-corrected chi connectivity index (χ3v) is 9.19. The maximum absolute atomic E-state index is 12.5. The van der Waals surface area contributed by atoms with E-state index < -0.39 is 19.9 Å². The Bertz CT molecular complexity index is 1020. The smallest absolute Gasteiger partial charge is 0.472 e. The minimum absolute atomic E-state index is 0.00659. The molecule has 0 amide bonds. The molecule has 0 spiro atoms. The van der Waals surface area contributed by atoms with E-state index in [2.05, 4.69) is 74.6 Å². The number of allylic oxidation sites excluding steroid dienone is 11. The van der Waals surface area contributed by atoms with E-state index in [9.17, 15) is 14.3 Å². The second-order valence-corrected chi connectivity index (χ2v) is 14.6. The van der Waals surface area contributed by atoms with Gasteiger partial charge in [-0.3, -0.25) is 13.8 Å². The van der Waals surface area contributed by atoms with Crippen molar-refractivity contribution in [3.63, 3.8) is 0 Å². The zero-order chi connectivity index (χ0) is 38.1. The van der Waals surface area contributed by atoms with Crippen molar-refractivity contribution in [2.24, 2.45) is 5.73 Å². The molecule has 3 N–H and O–H groups in total. The van der Waals surface area contributed by atoms with Crippen LogP contribution in [0.15, 0.2) is 73.1 Å². The Hall–Kier alpha value is -2.22. The van der Waals surface area contributed by atoms with Crippen molar-refractivity contribution in [2.45, 2.75) is 168 Å². The zero-order valence-corrected chi connectivity index (χ0v) is 33.9. The van der Waals surface area contributed by atoms with Gasteiger partial charge in [-0.25, -0.2) is 4.57 Å².